The Kier molecular flexibility index (Phi) is 6.64. The van der Waals surface area contributed by atoms with Crippen molar-refractivity contribution in [3.63, 3.8) is 0 Å². The zero-order valence-electron chi connectivity index (χ0n) is 19.0. The molecule has 1 heterocycles. The second kappa shape index (κ2) is 9.95. The summed E-state index contributed by atoms with van der Waals surface area (Å²) in [4.78, 5) is 28.4. The fraction of sp³-hybridized carbons (Fsp3) is 0.111. The van der Waals surface area contributed by atoms with Gasteiger partial charge in [0.15, 0.2) is 11.5 Å². The average Bonchev–Trinajstić information content (AvgIpc) is 2.88. The van der Waals surface area contributed by atoms with Gasteiger partial charge in [0.1, 0.15) is 5.56 Å². The van der Waals surface area contributed by atoms with Gasteiger partial charge >= 0.3 is 0 Å². The van der Waals surface area contributed by atoms with E-state index in [4.69, 9.17) is 14.2 Å². The predicted octanol–water partition coefficient (Wildman–Crippen LogP) is 4.99. The Hall–Kier alpha value is -4.52. The van der Waals surface area contributed by atoms with Gasteiger partial charge in [-0.15, -0.1) is 0 Å². The van der Waals surface area contributed by atoms with Crippen molar-refractivity contribution in [2.75, 3.05) is 26.6 Å². The monoisotopic (exact) mass is 456 g/mol. The number of nitrogens with one attached hydrogen (secondary N) is 2. The van der Waals surface area contributed by atoms with Gasteiger partial charge in [-0.05, 0) is 41.0 Å². The number of methoxy groups -OCH3 is 3. The smallest absolute Gasteiger partial charge is 0.261 e. The Balaban J connectivity index is 1.57. The molecule has 0 bridgehead atoms. The third-order valence-corrected chi connectivity index (χ3v) is 5.41. The van der Waals surface area contributed by atoms with Crippen LogP contribution < -0.4 is 25.1 Å². The van der Waals surface area contributed by atoms with Crippen molar-refractivity contribution in [1.82, 2.24) is 4.98 Å². The third-order valence-electron chi connectivity index (χ3n) is 5.41. The summed E-state index contributed by atoms with van der Waals surface area (Å²) in [6.07, 6.45) is 0. The van der Waals surface area contributed by atoms with E-state index in [1.54, 1.807) is 18.2 Å². The molecular weight excluding hydrogens is 432 g/mol. The summed E-state index contributed by atoms with van der Waals surface area (Å²) in [5.41, 5.74) is 3.47. The lowest BCUT2D eigenvalue weighted by molar-refractivity contribution is 0.102. The number of carbonyl (C=O) groups is 1. The molecule has 0 aliphatic carbocycles. The molecule has 3 aromatic carbocycles. The number of ether oxygens (including phenoxy) is 3. The van der Waals surface area contributed by atoms with Crippen LogP contribution in [-0.2, 0) is 0 Å². The number of aromatic nitrogens is 1. The van der Waals surface area contributed by atoms with Crippen molar-refractivity contribution in [2.24, 2.45) is 0 Å². The van der Waals surface area contributed by atoms with Crippen LogP contribution in [0.4, 0.5) is 5.69 Å². The van der Waals surface area contributed by atoms with Crippen molar-refractivity contribution in [3.8, 4) is 39.6 Å². The van der Waals surface area contributed by atoms with Crippen LogP contribution in [0.1, 0.15) is 10.4 Å². The van der Waals surface area contributed by atoms with Crippen LogP contribution in [0.5, 0.6) is 17.2 Å². The molecule has 0 aliphatic rings. The number of hydrogen-bond donors (Lipinski definition) is 2. The largest absolute Gasteiger partial charge is 0.493 e. The molecule has 0 aliphatic heterocycles. The summed E-state index contributed by atoms with van der Waals surface area (Å²) in [5.74, 6) is 0.517. The molecule has 0 spiro atoms. The van der Waals surface area contributed by atoms with E-state index in [-0.39, 0.29) is 5.56 Å². The number of anilines is 1. The van der Waals surface area contributed by atoms with Gasteiger partial charge in [-0.25, -0.2) is 0 Å². The number of aromatic amines is 1. The highest BCUT2D eigenvalue weighted by Gasteiger charge is 2.19. The second-order valence-corrected chi connectivity index (χ2v) is 7.39. The standard InChI is InChI=1S/C27H24N2O5/c1-32-23-16-15-22(24(33-2)25(23)34-3)29-27(31)20-13-14-21(28-26(20)30)19-11-9-18(10-12-19)17-7-5-4-6-8-17/h4-16H,1-3H3,(H,28,30)(H,29,31). The van der Waals surface area contributed by atoms with E-state index < -0.39 is 11.5 Å². The lowest BCUT2D eigenvalue weighted by atomic mass is 10.0. The lowest BCUT2D eigenvalue weighted by Gasteiger charge is -2.16. The molecule has 2 N–H and O–H groups in total. The van der Waals surface area contributed by atoms with Gasteiger partial charge in [-0.3, -0.25) is 9.59 Å². The van der Waals surface area contributed by atoms with Crippen LogP contribution in [0.2, 0.25) is 0 Å². The number of amides is 1. The minimum absolute atomic E-state index is 0.0264. The van der Waals surface area contributed by atoms with Gasteiger partial charge in [-0.1, -0.05) is 54.6 Å². The molecule has 1 amide bonds. The first-order valence-corrected chi connectivity index (χ1v) is 10.5. The Bertz CT molecular complexity index is 1360. The summed E-state index contributed by atoms with van der Waals surface area (Å²) in [6.45, 7) is 0. The van der Waals surface area contributed by atoms with Crippen molar-refractivity contribution >= 4 is 11.6 Å². The molecule has 0 saturated heterocycles. The van der Waals surface area contributed by atoms with E-state index in [1.165, 1.54) is 27.4 Å². The third kappa shape index (κ3) is 4.49. The summed E-state index contributed by atoms with van der Waals surface area (Å²) in [6, 6.07) is 24.4. The molecule has 0 radical (unpaired) electrons. The molecule has 7 nitrogen and oxygen atoms in total. The van der Waals surface area contributed by atoms with E-state index >= 15 is 0 Å². The summed E-state index contributed by atoms with van der Waals surface area (Å²) in [5, 5.41) is 2.71. The fourth-order valence-electron chi connectivity index (χ4n) is 3.68. The first-order valence-electron chi connectivity index (χ1n) is 10.5. The molecule has 172 valence electrons. The van der Waals surface area contributed by atoms with Gasteiger partial charge < -0.3 is 24.5 Å². The van der Waals surface area contributed by atoms with Crippen LogP contribution in [-0.4, -0.2) is 32.2 Å². The number of hydrogen-bond acceptors (Lipinski definition) is 5. The molecule has 0 unspecified atom stereocenters. The molecule has 34 heavy (non-hydrogen) atoms. The van der Waals surface area contributed by atoms with E-state index in [1.807, 2.05) is 54.6 Å². The van der Waals surface area contributed by atoms with Crippen molar-refractivity contribution < 1.29 is 19.0 Å². The van der Waals surface area contributed by atoms with E-state index in [2.05, 4.69) is 10.3 Å². The summed E-state index contributed by atoms with van der Waals surface area (Å²) < 4.78 is 16.0. The van der Waals surface area contributed by atoms with Gasteiger partial charge in [0.25, 0.3) is 11.5 Å². The van der Waals surface area contributed by atoms with E-state index in [0.29, 0.717) is 28.6 Å². The Morgan fingerprint density at radius 1 is 0.706 bits per heavy atom. The zero-order valence-corrected chi connectivity index (χ0v) is 19.0. The maximum absolute atomic E-state index is 12.8. The number of H-pyrrole nitrogens is 1. The summed E-state index contributed by atoms with van der Waals surface area (Å²) >= 11 is 0. The van der Waals surface area contributed by atoms with Crippen LogP contribution in [0.15, 0.2) is 83.7 Å². The predicted molar refractivity (Wildman–Crippen MR) is 132 cm³/mol. The normalized spacial score (nSPS) is 10.4. The second-order valence-electron chi connectivity index (χ2n) is 7.39. The minimum Gasteiger partial charge on any atom is -0.493 e. The molecule has 7 heteroatoms. The average molecular weight is 456 g/mol. The maximum Gasteiger partial charge on any atom is 0.261 e. The van der Waals surface area contributed by atoms with E-state index in [0.717, 1.165) is 16.7 Å². The van der Waals surface area contributed by atoms with Crippen LogP contribution in [0.3, 0.4) is 0 Å². The van der Waals surface area contributed by atoms with Crippen LogP contribution in [0.25, 0.3) is 22.4 Å². The highest BCUT2D eigenvalue weighted by molar-refractivity contribution is 6.05. The van der Waals surface area contributed by atoms with Gasteiger partial charge in [0, 0.05) is 5.69 Å². The van der Waals surface area contributed by atoms with Crippen molar-refractivity contribution in [2.45, 2.75) is 0 Å². The van der Waals surface area contributed by atoms with E-state index in [9.17, 15) is 9.59 Å². The fourth-order valence-corrected chi connectivity index (χ4v) is 3.68. The van der Waals surface area contributed by atoms with Gasteiger partial charge in [0.2, 0.25) is 5.75 Å². The number of rotatable bonds is 7. The van der Waals surface area contributed by atoms with Crippen LogP contribution >= 0.6 is 0 Å². The quantitative estimate of drug-likeness (QED) is 0.409. The molecule has 4 aromatic rings. The van der Waals surface area contributed by atoms with Crippen LogP contribution in [0, 0.1) is 0 Å². The molecule has 0 saturated carbocycles. The Morgan fingerprint density at radius 3 is 1.97 bits per heavy atom. The molecular formula is C27H24N2O5. The highest BCUT2D eigenvalue weighted by atomic mass is 16.5. The molecule has 0 atom stereocenters. The highest BCUT2D eigenvalue weighted by Crippen LogP contribution is 2.42. The Labute approximate surface area is 196 Å². The first-order chi connectivity index (χ1) is 16.5. The molecule has 1 aromatic heterocycles. The maximum atomic E-state index is 12.8. The lowest BCUT2D eigenvalue weighted by Crippen LogP contribution is -2.23. The van der Waals surface area contributed by atoms with Gasteiger partial charge in [-0.2, -0.15) is 0 Å². The number of pyridine rings is 1. The van der Waals surface area contributed by atoms with Crippen molar-refractivity contribution in [1.29, 1.82) is 0 Å². The molecule has 4 rings (SSSR count). The topological polar surface area (TPSA) is 89.7 Å². The summed E-state index contributed by atoms with van der Waals surface area (Å²) in [7, 11) is 4.44. The molecule has 0 fully saturated rings. The number of benzene rings is 3. The SMILES string of the molecule is COc1ccc(NC(=O)c2ccc(-c3ccc(-c4ccccc4)cc3)[nH]c2=O)c(OC)c1OC. The number of carbonyl (C=O) groups excluding carboxylic acids is 1. The minimum atomic E-state index is -0.572. The van der Waals surface area contributed by atoms with Crippen molar-refractivity contribution in [3.05, 3.63) is 94.8 Å². The Morgan fingerprint density at radius 2 is 1.35 bits per heavy atom. The first kappa shape index (κ1) is 22.7. The zero-order chi connectivity index (χ0) is 24.1. The van der Waals surface area contributed by atoms with Gasteiger partial charge in [0.05, 0.1) is 27.0 Å².